The van der Waals surface area contributed by atoms with Crippen LogP contribution in [-0.4, -0.2) is 19.7 Å². The highest BCUT2D eigenvalue weighted by molar-refractivity contribution is 9.10. The third-order valence-electron chi connectivity index (χ3n) is 3.97. The van der Waals surface area contributed by atoms with E-state index in [1.807, 2.05) is 43.3 Å². The molecule has 110 valence electrons. The third kappa shape index (κ3) is 2.65. The lowest BCUT2D eigenvalue weighted by atomic mass is 10.1. The fourth-order valence-electron chi connectivity index (χ4n) is 2.69. The predicted octanol–water partition coefficient (Wildman–Crippen LogP) is 3.02. The van der Waals surface area contributed by atoms with Crippen molar-refractivity contribution >= 4 is 25.8 Å². The molecule has 0 aliphatic heterocycles. The molecule has 0 amide bonds. The van der Waals surface area contributed by atoms with Crippen molar-refractivity contribution in [1.82, 2.24) is 0 Å². The molecule has 2 aromatic carbocycles. The summed E-state index contributed by atoms with van der Waals surface area (Å²) in [4.78, 5) is 0.355. The maximum absolute atomic E-state index is 12.7. The molecular formula is C16H16BrNO2S. The zero-order valence-corrected chi connectivity index (χ0v) is 13.9. The molecule has 0 aromatic heterocycles. The Labute approximate surface area is 133 Å². The third-order valence-corrected chi connectivity index (χ3v) is 6.75. The van der Waals surface area contributed by atoms with E-state index in [0.717, 1.165) is 15.6 Å². The Morgan fingerprint density at radius 3 is 2.14 bits per heavy atom. The Kier molecular flexibility index (Phi) is 3.67. The molecule has 1 aliphatic rings. The quantitative estimate of drug-likeness (QED) is 0.909. The summed E-state index contributed by atoms with van der Waals surface area (Å²) < 4.78 is 26.3. The van der Waals surface area contributed by atoms with E-state index >= 15 is 0 Å². The van der Waals surface area contributed by atoms with Gasteiger partial charge in [0, 0.05) is 16.4 Å². The zero-order valence-electron chi connectivity index (χ0n) is 11.5. The molecule has 0 saturated heterocycles. The number of sulfone groups is 1. The molecule has 1 fully saturated rings. The van der Waals surface area contributed by atoms with Gasteiger partial charge in [-0.1, -0.05) is 45.8 Å². The van der Waals surface area contributed by atoms with Crippen molar-refractivity contribution in [2.24, 2.45) is 5.73 Å². The minimum Gasteiger partial charge on any atom is -0.326 e. The Morgan fingerprint density at radius 1 is 1.00 bits per heavy atom. The highest BCUT2D eigenvalue weighted by atomic mass is 79.9. The molecule has 0 spiro atoms. The summed E-state index contributed by atoms with van der Waals surface area (Å²) in [5.41, 5.74) is 8.06. The number of hydrogen-bond acceptors (Lipinski definition) is 3. The highest BCUT2D eigenvalue weighted by Crippen LogP contribution is 2.47. The van der Waals surface area contributed by atoms with Gasteiger partial charge in [-0.05, 0) is 36.8 Å². The number of hydrogen-bond donors (Lipinski definition) is 1. The lowest BCUT2D eigenvalue weighted by Gasteiger charge is -2.04. The average molecular weight is 366 g/mol. The normalized spacial score (nSPS) is 24.8. The lowest BCUT2D eigenvalue weighted by molar-refractivity contribution is 0.593. The molecule has 21 heavy (non-hydrogen) atoms. The Balaban J connectivity index is 1.91. The van der Waals surface area contributed by atoms with Crippen molar-refractivity contribution < 1.29 is 8.42 Å². The first-order chi connectivity index (χ1) is 9.91. The summed E-state index contributed by atoms with van der Waals surface area (Å²) in [5.74, 6) is -0.121. The summed E-state index contributed by atoms with van der Waals surface area (Å²) in [6.07, 6.45) is 0. The van der Waals surface area contributed by atoms with Crippen LogP contribution in [0.15, 0.2) is 57.9 Å². The molecule has 3 nitrogen and oxygen atoms in total. The molecule has 0 radical (unpaired) electrons. The van der Waals surface area contributed by atoms with Crippen molar-refractivity contribution in [2.45, 2.75) is 29.0 Å². The highest BCUT2D eigenvalue weighted by Gasteiger charge is 2.57. The van der Waals surface area contributed by atoms with Crippen LogP contribution < -0.4 is 5.73 Å². The largest absolute Gasteiger partial charge is 0.326 e. The number of aryl methyl sites for hydroxylation is 1. The first-order valence-electron chi connectivity index (χ1n) is 6.73. The monoisotopic (exact) mass is 365 g/mol. The standard InChI is InChI=1S/C16H16BrNO2S/c1-10-2-8-13(9-3-10)21(19,20)16-14(15(16)18)11-4-6-12(17)7-5-11/h2-9,14-16H,18H2,1H3/t14-,15+,16+/m0/s1. The summed E-state index contributed by atoms with van der Waals surface area (Å²) >= 11 is 3.38. The smallest absolute Gasteiger partial charge is 0.183 e. The summed E-state index contributed by atoms with van der Waals surface area (Å²) in [7, 11) is -3.38. The van der Waals surface area contributed by atoms with Crippen LogP contribution in [0.25, 0.3) is 0 Å². The Morgan fingerprint density at radius 2 is 1.57 bits per heavy atom. The zero-order chi connectivity index (χ0) is 15.2. The van der Waals surface area contributed by atoms with E-state index in [-0.39, 0.29) is 12.0 Å². The topological polar surface area (TPSA) is 60.2 Å². The molecule has 1 aliphatic carbocycles. The van der Waals surface area contributed by atoms with Gasteiger partial charge < -0.3 is 5.73 Å². The molecule has 3 rings (SSSR count). The van der Waals surface area contributed by atoms with Gasteiger partial charge in [0.1, 0.15) is 0 Å². The fourth-order valence-corrected chi connectivity index (χ4v) is 5.00. The second kappa shape index (κ2) is 5.23. The van der Waals surface area contributed by atoms with Crippen molar-refractivity contribution in [3.63, 3.8) is 0 Å². The van der Waals surface area contributed by atoms with Crippen molar-refractivity contribution in [2.75, 3.05) is 0 Å². The molecule has 2 aromatic rings. The van der Waals surface area contributed by atoms with Gasteiger partial charge in [0.2, 0.25) is 0 Å². The first kappa shape index (κ1) is 14.8. The number of nitrogens with two attached hydrogens (primary N) is 1. The van der Waals surface area contributed by atoms with Gasteiger partial charge in [0.15, 0.2) is 9.84 Å². The van der Waals surface area contributed by atoms with Gasteiger partial charge in [0.25, 0.3) is 0 Å². The Bertz CT molecular complexity index is 754. The molecule has 1 saturated carbocycles. The van der Waals surface area contributed by atoms with Gasteiger partial charge in [0.05, 0.1) is 10.1 Å². The number of benzene rings is 2. The van der Waals surface area contributed by atoms with Gasteiger partial charge in [-0.15, -0.1) is 0 Å². The minimum absolute atomic E-state index is 0.121. The number of rotatable bonds is 3. The van der Waals surface area contributed by atoms with E-state index in [9.17, 15) is 8.42 Å². The Hall–Kier alpha value is -1.17. The molecule has 3 atom stereocenters. The number of halogens is 1. The molecule has 2 N–H and O–H groups in total. The van der Waals surface area contributed by atoms with Crippen LogP contribution in [0.5, 0.6) is 0 Å². The SMILES string of the molecule is Cc1ccc(S(=O)(=O)[C@H]2[C@H](N)[C@@H]2c2ccc(Br)cc2)cc1. The van der Waals surface area contributed by atoms with E-state index < -0.39 is 15.1 Å². The van der Waals surface area contributed by atoms with E-state index in [1.165, 1.54) is 0 Å². The van der Waals surface area contributed by atoms with Crippen LogP contribution in [0.1, 0.15) is 17.0 Å². The second-order valence-electron chi connectivity index (χ2n) is 5.48. The van der Waals surface area contributed by atoms with Crippen LogP contribution in [0, 0.1) is 6.92 Å². The van der Waals surface area contributed by atoms with Crippen LogP contribution in [0.3, 0.4) is 0 Å². The minimum atomic E-state index is -3.38. The lowest BCUT2D eigenvalue weighted by Crippen LogP contribution is -2.15. The van der Waals surface area contributed by atoms with Crippen LogP contribution in [-0.2, 0) is 9.84 Å². The summed E-state index contributed by atoms with van der Waals surface area (Å²) in [6.45, 7) is 1.93. The molecule has 0 bridgehead atoms. The van der Waals surface area contributed by atoms with Crippen LogP contribution in [0.2, 0.25) is 0 Å². The van der Waals surface area contributed by atoms with E-state index in [2.05, 4.69) is 15.9 Å². The molecule has 0 unspecified atom stereocenters. The molecule has 0 heterocycles. The van der Waals surface area contributed by atoms with E-state index in [0.29, 0.717) is 4.90 Å². The predicted molar refractivity (Wildman–Crippen MR) is 87.0 cm³/mol. The van der Waals surface area contributed by atoms with Gasteiger partial charge in [-0.25, -0.2) is 8.42 Å². The van der Waals surface area contributed by atoms with Gasteiger partial charge >= 0.3 is 0 Å². The summed E-state index contributed by atoms with van der Waals surface area (Å²) in [6, 6.07) is 14.3. The van der Waals surface area contributed by atoms with Gasteiger partial charge in [-0.2, -0.15) is 0 Å². The molecule has 5 heteroatoms. The van der Waals surface area contributed by atoms with Crippen molar-refractivity contribution in [3.05, 3.63) is 64.1 Å². The fraction of sp³-hybridized carbons (Fsp3) is 0.250. The van der Waals surface area contributed by atoms with Crippen molar-refractivity contribution in [1.29, 1.82) is 0 Å². The van der Waals surface area contributed by atoms with Crippen molar-refractivity contribution in [3.8, 4) is 0 Å². The average Bonchev–Trinajstić information content (AvgIpc) is 3.12. The molecular weight excluding hydrogens is 350 g/mol. The van der Waals surface area contributed by atoms with E-state index in [4.69, 9.17) is 5.73 Å². The van der Waals surface area contributed by atoms with Crippen LogP contribution >= 0.6 is 15.9 Å². The van der Waals surface area contributed by atoms with Gasteiger partial charge in [-0.3, -0.25) is 0 Å². The maximum atomic E-state index is 12.7. The van der Waals surface area contributed by atoms with Crippen LogP contribution in [0.4, 0.5) is 0 Å². The summed E-state index contributed by atoms with van der Waals surface area (Å²) in [5, 5.41) is -0.526. The maximum Gasteiger partial charge on any atom is 0.183 e. The van der Waals surface area contributed by atoms with E-state index in [1.54, 1.807) is 12.1 Å². The second-order valence-corrected chi connectivity index (χ2v) is 8.50. The first-order valence-corrected chi connectivity index (χ1v) is 9.07.